The smallest absolute Gasteiger partial charge is 0.274 e. The number of nitrogens with one attached hydrogen (secondary N) is 2. The highest BCUT2D eigenvalue weighted by Gasteiger charge is 2.11. The molecule has 0 bridgehead atoms. The minimum Gasteiger partial charge on any atom is -0.369 e. The van der Waals surface area contributed by atoms with Gasteiger partial charge in [-0.15, -0.1) is 0 Å². The summed E-state index contributed by atoms with van der Waals surface area (Å²) in [5.41, 5.74) is 1.90. The average molecular weight is 334 g/mol. The van der Waals surface area contributed by atoms with Crippen LogP contribution in [0.4, 0.5) is 11.5 Å². The Kier molecular flexibility index (Phi) is 5.90. The molecule has 2 rings (SSSR count). The molecular formula is C16H20ClN5O. The Bertz CT molecular complexity index is 690. The maximum Gasteiger partial charge on any atom is 0.274 e. The third kappa shape index (κ3) is 5.19. The lowest BCUT2D eigenvalue weighted by molar-refractivity contribution is 0.102. The monoisotopic (exact) mass is 333 g/mol. The largest absolute Gasteiger partial charge is 0.369 e. The fourth-order valence-electron chi connectivity index (χ4n) is 1.90. The second-order valence-corrected chi connectivity index (χ2v) is 5.87. The molecule has 2 N–H and O–H groups in total. The van der Waals surface area contributed by atoms with Crippen LogP contribution in [0, 0.1) is 6.92 Å². The molecule has 2 aromatic rings. The van der Waals surface area contributed by atoms with Gasteiger partial charge in [-0.05, 0) is 38.7 Å². The van der Waals surface area contributed by atoms with Gasteiger partial charge in [-0.1, -0.05) is 17.7 Å². The van der Waals surface area contributed by atoms with Crippen molar-refractivity contribution in [2.75, 3.05) is 37.8 Å². The fourth-order valence-corrected chi connectivity index (χ4v) is 2.07. The fraction of sp³-hybridized carbons (Fsp3) is 0.312. The Morgan fingerprint density at radius 1 is 1.26 bits per heavy atom. The summed E-state index contributed by atoms with van der Waals surface area (Å²) in [5, 5.41) is 6.55. The highest BCUT2D eigenvalue weighted by Crippen LogP contribution is 2.20. The van der Waals surface area contributed by atoms with E-state index in [2.05, 4.69) is 25.5 Å². The second kappa shape index (κ2) is 7.89. The van der Waals surface area contributed by atoms with Gasteiger partial charge >= 0.3 is 0 Å². The maximum atomic E-state index is 12.3. The van der Waals surface area contributed by atoms with E-state index in [4.69, 9.17) is 11.6 Å². The van der Waals surface area contributed by atoms with Crippen molar-refractivity contribution < 1.29 is 4.79 Å². The predicted molar refractivity (Wildman–Crippen MR) is 93.2 cm³/mol. The van der Waals surface area contributed by atoms with Crippen LogP contribution in [-0.2, 0) is 0 Å². The summed E-state index contributed by atoms with van der Waals surface area (Å²) in [6, 6.07) is 6.98. The van der Waals surface area contributed by atoms with Crippen molar-refractivity contribution in [3.8, 4) is 0 Å². The molecule has 122 valence electrons. The highest BCUT2D eigenvalue weighted by atomic mass is 35.5. The quantitative estimate of drug-likeness (QED) is 0.850. The molecule has 0 spiro atoms. The molecule has 0 aliphatic heterocycles. The summed E-state index contributed by atoms with van der Waals surface area (Å²) in [6.07, 6.45) is 1.37. The molecule has 0 aliphatic carbocycles. The zero-order valence-corrected chi connectivity index (χ0v) is 14.2. The number of benzene rings is 1. The van der Waals surface area contributed by atoms with Gasteiger partial charge in [0.05, 0.1) is 0 Å². The zero-order chi connectivity index (χ0) is 16.8. The van der Waals surface area contributed by atoms with Gasteiger partial charge in [0.25, 0.3) is 5.91 Å². The Morgan fingerprint density at radius 2 is 2.04 bits per heavy atom. The zero-order valence-electron chi connectivity index (χ0n) is 13.4. The van der Waals surface area contributed by atoms with E-state index < -0.39 is 0 Å². The third-order valence-corrected chi connectivity index (χ3v) is 3.45. The van der Waals surface area contributed by atoms with E-state index in [1.54, 1.807) is 18.2 Å². The van der Waals surface area contributed by atoms with Crippen LogP contribution in [0.15, 0.2) is 30.6 Å². The first-order chi connectivity index (χ1) is 11.0. The summed E-state index contributed by atoms with van der Waals surface area (Å²) in [7, 11) is 3.99. The number of carbonyl (C=O) groups excluding carboxylic acids is 1. The molecule has 7 heteroatoms. The number of hydrogen-bond donors (Lipinski definition) is 2. The molecule has 0 radical (unpaired) electrons. The first-order valence-corrected chi connectivity index (χ1v) is 7.61. The number of amides is 1. The second-order valence-electron chi connectivity index (χ2n) is 5.43. The van der Waals surface area contributed by atoms with Gasteiger partial charge in [-0.3, -0.25) is 4.79 Å². The van der Waals surface area contributed by atoms with Gasteiger partial charge in [0.15, 0.2) is 0 Å². The third-order valence-electron chi connectivity index (χ3n) is 3.21. The number of rotatable bonds is 6. The van der Waals surface area contributed by atoms with Crippen LogP contribution >= 0.6 is 11.6 Å². The van der Waals surface area contributed by atoms with Crippen molar-refractivity contribution in [1.29, 1.82) is 0 Å². The van der Waals surface area contributed by atoms with E-state index in [0.717, 1.165) is 18.7 Å². The lowest BCUT2D eigenvalue weighted by Crippen LogP contribution is -2.21. The minimum absolute atomic E-state index is 0.298. The van der Waals surface area contributed by atoms with E-state index in [1.807, 2.05) is 27.1 Å². The van der Waals surface area contributed by atoms with Crippen LogP contribution in [0.1, 0.15) is 16.1 Å². The number of aromatic nitrogens is 2. The van der Waals surface area contributed by atoms with E-state index in [1.165, 1.54) is 6.33 Å². The summed E-state index contributed by atoms with van der Waals surface area (Å²) in [5.74, 6) is 0.322. The summed E-state index contributed by atoms with van der Waals surface area (Å²) >= 11 is 5.96. The molecule has 6 nitrogen and oxygen atoms in total. The molecule has 0 aliphatic rings. The molecule has 0 atom stereocenters. The summed E-state index contributed by atoms with van der Waals surface area (Å²) in [4.78, 5) is 22.5. The van der Waals surface area contributed by atoms with E-state index in [0.29, 0.717) is 22.2 Å². The van der Waals surface area contributed by atoms with E-state index in [-0.39, 0.29) is 5.91 Å². The molecule has 23 heavy (non-hydrogen) atoms. The Labute approximate surface area is 140 Å². The van der Waals surface area contributed by atoms with Gasteiger partial charge in [0.1, 0.15) is 17.8 Å². The van der Waals surface area contributed by atoms with Crippen LogP contribution in [0.5, 0.6) is 0 Å². The van der Waals surface area contributed by atoms with Crippen molar-refractivity contribution >= 4 is 29.0 Å². The van der Waals surface area contributed by atoms with Crippen LogP contribution in [0.25, 0.3) is 0 Å². The van der Waals surface area contributed by atoms with Gasteiger partial charge in [0, 0.05) is 29.9 Å². The van der Waals surface area contributed by atoms with Crippen molar-refractivity contribution in [1.82, 2.24) is 14.9 Å². The number of halogens is 1. The lowest BCUT2D eigenvalue weighted by atomic mass is 10.2. The predicted octanol–water partition coefficient (Wildman–Crippen LogP) is 2.66. The number of likely N-dealkylation sites (N-methyl/N-ethyl adjacent to an activating group) is 1. The number of anilines is 2. The molecule has 1 heterocycles. The SMILES string of the molecule is Cc1ccc(Cl)cc1NC(=O)c1cc(NCCN(C)C)ncn1. The molecule has 0 unspecified atom stereocenters. The summed E-state index contributed by atoms with van der Waals surface area (Å²) in [6.45, 7) is 3.51. The standard InChI is InChI=1S/C16H20ClN5O/c1-11-4-5-12(17)8-13(11)21-16(23)14-9-15(20-10-19-14)18-6-7-22(2)3/h4-5,8-10H,6-7H2,1-3H3,(H,21,23)(H,18,19,20). The van der Waals surface area contributed by atoms with Gasteiger partial charge in [-0.2, -0.15) is 0 Å². The Balaban J connectivity index is 2.06. The molecule has 0 saturated heterocycles. The van der Waals surface area contributed by atoms with Crippen LogP contribution in [0.2, 0.25) is 5.02 Å². The van der Waals surface area contributed by atoms with Crippen molar-refractivity contribution in [2.24, 2.45) is 0 Å². The number of carbonyl (C=O) groups is 1. The number of nitrogens with zero attached hydrogens (tertiary/aromatic N) is 3. The van der Waals surface area contributed by atoms with Crippen molar-refractivity contribution in [3.05, 3.63) is 46.9 Å². The Morgan fingerprint density at radius 3 is 2.78 bits per heavy atom. The normalized spacial score (nSPS) is 10.7. The molecule has 1 aromatic carbocycles. The molecule has 0 saturated carbocycles. The van der Waals surface area contributed by atoms with E-state index in [9.17, 15) is 4.79 Å². The van der Waals surface area contributed by atoms with E-state index >= 15 is 0 Å². The van der Waals surface area contributed by atoms with Crippen LogP contribution < -0.4 is 10.6 Å². The van der Waals surface area contributed by atoms with Crippen molar-refractivity contribution in [2.45, 2.75) is 6.92 Å². The van der Waals surface area contributed by atoms with Crippen LogP contribution in [-0.4, -0.2) is 48.0 Å². The Hall–Kier alpha value is -2.18. The maximum absolute atomic E-state index is 12.3. The van der Waals surface area contributed by atoms with Crippen LogP contribution in [0.3, 0.4) is 0 Å². The highest BCUT2D eigenvalue weighted by molar-refractivity contribution is 6.31. The summed E-state index contributed by atoms with van der Waals surface area (Å²) < 4.78 is 0. The van der Waals surface area contributed by atoms with Gasteiger partial charge in [0.2, 0.25) is 0 Å². The first-order valence-electron chi connectivity index (χ1n) is 7.24. The van der Waals surface area contributed by atoms with Gasteiger partial charge < -0.3 is 15.5 Å². The number of aryl methyl sites for hydroxylation is 1. The molecule has 0 fully saturated rings. The molecule has 1 amide bonds. The minimum atomic E-state index is -0.298. The average Bonchev–Trinajstić information content (AvgIpc) is 2.51. The van der Waals surface area contributed by atoms with Gasteiger partial charge in [-0.25, -0.2) is 9.97 Å². The van der Waals surface area contributed by atoms with Crippen molar-refractivity contribution in [3.63, 3.8) is 0 Å². The molecular weight excluding hydrogens is 314 g/mol. The number of hydrogen-bond acceptors (Lipinski definition) is 5. The lowest BCUT2D eigenvalue weighted by Gasteiger charge is -2.11. The first kappa shape index (κ1) is 17.2. The topological polar surface area (TPSA) is 70.2 Å². The molecule has 1 aromatic heterocycles.